The van der Waals surface area contributed by atoms with Crippen molar-refractivity contribution in [3.8, 4) is 0 Å². The van der Waals surface area contributed by atoms with Gasteiger partial charge in [0.25, 0.3) is 0 Å². The van der Waals surface area contributed by atoms with Crippen LogP contribution < -0.4 is 5.32 Å². The Kier molecular flexibility index (Phi) is 7.66. The summed E-state index contributed by atoms with van der Waals surface area (Å²) in [6.07, 6.45) is 4.96. The standard InChI is InChI=1S/C15H31NOS/c1-5-16-14-7-6-13(11(2)3)10-15(14)18-12(4)8-9-17/h11-17H,5-10H2,1-4H3. The van der Waals surface area contributed by atoms with E-state index >= 15 is 0 Å². The molecule has 4 unspecified atom stereocenters. The predicted octanol–water partition coefficient (Wildman–Crippen LogP) is 3.29. The van der Waals surface area contributed by atoms with Crippen LogP contribution in [-0.2, 0) is 0 Å². The second-order valence-corrected chi connectivity index (χ2v) is 7.66. The summed E-state index contributed by atoms with van der Waals surface area (Å²) in [5.41, 5.74) is 0. The number of nitrogens with one attached hydrogen (secondary N) is 1. The minimum Gasteiger partial charge on any atom is -0.396 e. The van der Waals surface area contributed by atoms with Crippen molar-refractivity contribution in [3.05, 3.63) is 0 Å². The zero-order valence-electron chi connectivity index (χ0n) is 12.5. The van der Waals surface area contributed by atoms with Crippen LogP contribution in [0.4, 0.5) is 0 Å². The number of aliphatic hydroxyl groups excluding tert-OH is 1. The molecule has 0 amide bonds. The van der Waals surface area contributed by atoms with Crippen molar-refractivity contribution >= 4 is 11.8 Å². The molecule has 0 spiro atoms. The van der Waals surface area contributed by atoms with Gasteiger partial charge in [-0.05, 0) is 44.1 Å². The van der Waals surface area contributed by atoms with Crippen LogP contribution in [0.25, 0.3) is 0 Å². The maximum Gasteiger partial charge on any atom is 0.0441 e. The third kappa shape index (κ3) is 5.10. The van der Waals surface area contributed by atoms with E-state index in [-0.39, 0.29) is 0 Å². The highest BCUT2D eigenvalue weighted by molar-refractivity contribution is 8.00. The van der Waals surface area contributed by atoms with E-state index in [2.05, 4.69) is 44.8 Å². The average molecular weight is 273 g/mol. The minimum atomic E-state index is 0.320. The second kappa shape index (κ2) is 8.44. The lowest BCUT2D eigenvalue weighted by Gasteiger charge is -2.39. The van der Waals surface area contributed by atoms with Gasteiger partial charge in [-0.3, -0.25) is 0 Å². The van der Waals surface area contributed by atoms with Gasteiger partial charge in [-0.1, -0.05) is 27.7 Å². The molecule has 2 nitrogen and oxygen atoms in total. The van der Waals surface area contributed by atoms with E-state index in [4.69, 9.17) is 5.11 Å². The van der Waals surface area contributed by atoms with Crippen LogP contribution in [0.2, 0.25) is 0 Å². The van der Waals surface area contributed by atoms with Gasteiger partial charge in [0.1, 0.15) is 0 Å². The predicted molar refractivity (Wildman–Crippen MR) is 82.2 cm³/mol. The molecule has 4 atom stereocenters. The van der Waals surface area contributed by atoms with Crippen LogP contribution in [0.3, 0.4) is 0 Å². The SMILES string of the molecule is CCNC1CCC(C(C)C)CC1SC(C)CCO. The van der Waals surface area contributed by atoms with Crippen LogP contribution in [0.1, 0.15) is 53.4 Å². The first-order chi connectivity index (χ1) is 8.58. The lowest BCUT2D eigenvalue weighted by molar-refractivity contribution is 0.246. The van der Waals surface area contributed by atoms with Crippen LogP contribution in [0, 0.1) is 11.8 Å². The third-order valence-corrected chi connectivity index (χ3v) is 5.76. The van der Waals surface area contributed by atoms with Crippen molar-refractivity contribution in [3.63, 3.8) is 0 Å². The zero-order valence-corrected chi connectivity index (χ0v) is 13.3. The highest BCUT2D eigenvalue weighted by atomic mass is 32.2. The Balaban J connectivity index is 2.54. The van der Waals surface area contributed by atoms with E-state index in [1.165, 1.54) is 19.3 Å². The first-order valence-corrected chi connectivity index (χ1v) is 8.52. The molecule has 0 aromatic carbocycles. The van der Waals surface area contributed by atoms with E-state index in [1.54, 1.807) is 0 Å². The summed E-state index contributed by atoms with van der Waals surface area (Å²) in [4.78, 5) is 0. The topological polar surface area (TPSA) is 32.3 Å². The molecule has 0 radical (unpaired) electrons. The monoisotopic (exact) mass is 273 g/mol. The number of aliphatic hydroxyl groups is 1. The van der Waals surface area contributed by atoms with Gasteiger partial charge in [0.05, 0.1) is 0 Å². The fraction of sp³-hybridized carbons (Fsp3) is 1.00. The molecule has 1 aliphatic rings. The molecule has 2 N–H and O–H groups in total. The molecule has 1 aliphatic carbocycles. The molecule has 0 heterocycles. The highest BCUT2D eigenvalue weighted by Crippen LogP contribution is 2.38. The largest absolute Gasteiger partial charge is 0.396 e. The second-order valence-electron chi connectivity index (χ2n) is 5.98. The normalized spacial score (nSPS) is 30.7. The van der Waals surface area contributed by atoms with Crippen molar-refractivity contribution in [1.82, 2.24) is 5.32 Å². The molecule has 18 heavy (non-hydrogen) atoms. The molecule has 0 saturated heterocycles. The van der Waals surface area contributed by atoms with Crippen LogP contribution in [0.15, 0.2) is 0 Å². The maximum atomic E-state index is 9.05. The van der Waals surface area contributed by atoms with Crippen molar-refractivity contribution in [2.75, 3.05) is 13.2 Å². The molecule has 0 aromatic rings. The van der Waals surface area contributed by atoms with E-state index < -0.39 is 0 Å². The fourth-order valence-corrected chi connectivity index (χ4v) is 4.58. The van der Waals surface area contributed by atoms with Gasteiger partial charge in [0, 0.05) is 23.1 Å². The Bertz CT molecular complexity index is 223. The molecule has 3 heteroatoms. The van der Waals surface area contributed by atoms with Gasteiger partial charge in [0.2, 0.25) is 0 Å². The fourth-order valence-electron chi connectivity index (χ4n) is 2.96. The molecule has 1 saturated carbocycles. The van der Waals surface area contributed by atoms with Gasteiger partial charge in [0.15, 0.2) is 0 Å². The molecular formula is C15H31NOS. The lowest BCUT2D eigenvalue weighted by atomic mass is 9.79. The van der Waals surface area contributed by atoms with Crippen molar-refractivity contribution in [1.29, 1.82) is 0 Å². The van der Waals surface area contributed by atoms with Crippen molar-refractivity contribution in [2.24, 2.45) is 11.8 Å². The Morgan fingerprint density at radius 2 is 2.00 bits per heavy atom. The first kappa shape index (κ1) is 16.3. The number of thioether (sulfide) groups is 1. The average Bonchev–Trinajstić information content (AvgIpc) is 2.31. The first-order valence-electron chi connectivity index (χ1n) is 7.58. The number of hydrogen-bond acceptors (Lipinski definition) is 3. The zero-order chi connectivity index (χ0) is 13.5. The molecule has 1 fully saturated rings. The highest BCUT2D eigenvalue weighted by Gasteiger charge is 2.32. The quantitative estimate of drug-likeness (QED) is 0.746. The number of rotatable bonds is 7. The minimum absolute atomic E-state index is 0.320. The van der Waals surface area contributed by atoms with Crippen LogP contribution >= 0.6 is 11.8 Å². The van der Waals surface area contributed by atoms with Crippen LogP contribution in [0.5, 0.6) is 0 Å². The maximum absolute atomic E-state index is 9.05. The summed E-state index contributed by atoms with van der Waals surface area (Å²) >= 11 is 2.09. The summed E-state index contributed by atoms with van der Waals surface area (Å²) < 4.78 is 0. The van der Waals surface area contributed by atoms with E-state index in [0.717, 1.165) is 30.1 Å². The van der Waals surface area contributed by atoms with Gasteiger partial charge in [-0.2, -0.15) is 11.8 Å². The molecular weight excluding hydrogens is 242 g/mol. The summed E-state index contributed by atoms with van der Waals surface area (Å²) in [6.45, 7) is 10.6. The summed E-state index contributed by atoms with van der Waals surface area (Å²) in [5, 5.41) is 14.0. The Morgan fingerprint density at radius 1 is 1.28 bits per heavy atom. The molecule has 0 aliphatic heterocycles. The molecule has 108 valence electrons. The van der Waals surface area contributed by atoms with Gasteiger partial charge in [-0.15, -0.1) is 0 Å². The van der Waals surface area contributed by atoms with Gasteiger partial charge in [-0.25, -0.2) is 0 Å². The van der Waals surface area contributed by atoms with E-state index in [0.29, 0.717) is 17.9 Å². The summed E-state index contributed by atoms with van der Waals surface area (Å²) in [7, 11) is 0. The number of hydrogen-bond donors (Lipinski definition) is 2. The van der Waals surface area contributed by atoms with Gasteiger partial charge < -0.3 is 10.4 Å². The van der Waals surface area contributed by atoms with Crippen molar-refractivity contribution < 1.29 is 5.11 Å². The molecule has 0 aromatic heterocycles. The summed E-state index contributed by atoms with van der Waals surface area (Å²) in [6, 6.07) is 0.677. The molecule has 1 rings (SSSR count). The summed E-state index contributed by atoms with van der Waals surface area (Å²) in [5.74, 6) is 1.70. The van der Waals surface area contributed by atoms with Crippen molar-refractivity contribution in [2.45, 2.75) is 69.9 Å². The molecule has 0 bridgehead atoms. The Hall–Kier alpha value is 0.270. The van der Waals surface area contributed by atoms with Crippen LogP contribution in [-0.4, -0.2) is 34.8 Å². The van der Waals surface area contributed by atoms with Gasteiger partial charge >= 0.3 is 0 Å². The smallest absolute Gasteiger partial charge is 0.0441 e. The van der Waals surface area contributed by atoms with E-state index in [1.807, 2.05) is 0 Å². The van der Waals surface area contributed by atoms with E-state index in [9.17, 15) is 0 Å². The Morgan fingerprint density at radius 3 is 2.56 bits per heavy atom. The third-order valence-electron chi connectivity index (χ3n) is 4.18. The lowest BCUT2D eigenvalue weighted by Crippen LogP contribution is -2.44. The Labute approximate surface area is 117 Å².